The fraction of sp³-hybridized carbons (Fsp3) is 0.588. The Morgan fingerprint density at radius 1 is 1.24 bits per heavy atom. The second-order valence-electron chi connectivity index (χ2n) is 6.11. The van der Waals surface area contributed by atoms with E-state index in [1.165, 1.54) is 0 Å². The topological polar surface area (TPSA) is 51.2 Å². The monoisotopic (exact) mass is 308 g/mol. The summed E-state index contributed by atoms with van der Waals surface area (Å²) in [7, 11) is -3.40. The Balaban J connectivity index is 2.25. The SMILES string of the molecule is CCC(C(=O)c1ccccc1)S(=O)(=O)C1CCCC(C)C1. The number of rotatable bonds is 5. The predicted octanol–water partition coefficient (Wildman–Crippen LogP) is 3.64. The third-order valence-corrected chi connectivity index (χ3v) is 7.17. The van der Waals surface area contributed by atoms with Crippen LogP contribution in [0.3, 0.4) is 0 Å². The van der Waals surface area contributed by atoms with Crippen LogP contribution in [0.5, 0.6) is 0 Å². The minimum absolute atomic E-state index is 0.253. The number of Topliss-reactive ketones (excluding diaryl/α,β-unsaturated/α-hetero) is 1. The van der Waals surface area contributed by atoms with Crippen molar-refractivity contribution < 1.29 is 13.2 Å². The Bertz CT molecular complexity index is 577. The third kappa shape index (κ3) is 3.54. The maximum absolute atomic E-state index is 12.9. The smallest absolute Gasteiger partial charge is 0.180 e. The van der Waals surface area contributed by atoms with Gasteiger partial charge < -0.3 is 0 Å². The Morgan fingerprint density at radius 2 is 1.90 bits per heavy atom. The highest BCUT2D eigenvalue weighted by atomic mass is 32.2. The summed E-state index contributed by atoms with van der Waals surface area (Å²) in [6, 6.07) is 8.77. The second-order valence-corrected chi connectivity index (χ2v) is 8.52. The first-order valence-electron chi connectivity index (χ1n) is 7.78. The molecule has 0 bridgehead atoms. The molecule has 116 valence electrons. The largest absolute Gasteiger partial charge is 0.293 e. The lowest BCUT2D eigenvalue weighted by Gasteiger charge is -2.29. The van der Waals surface area contributed by atoms with E-state index in [2.05, 4.69) is 6.92 Å². The molecule has 1 aromatic carbocycles. The highest BCUT2D eigenvalue weighted by Crippen LogP contribution is 2.31. The van der Waals surface area contributed by atoms with E-state index in [0.717, 1.165) is 12.8 Å². The second kappa shape index (κ2) is 6.73. The molecule has 0 spiro atoms. The van der Waals surface area contributed by atoms with Crippen LogP contribution in [-0.2, 0) is 9.84 Å². The van der Waals surface area contributed by atoms with Crippen LogP contribution in [0.4, 0.5) is 0 Å². The number of hydrogen-bond acceptors (Lipinski definition) is 3. The zero-order valence-electron chi connectivity index (χ0n) is 12.8. The van der Waals surface area contributed by atoms with Crippen molar-refractivity contribution in [3.63, 3.8) is 0 Å². The van der Waals surface area contributed by atoms with E-state index >= 15 is 0 Å². The molecule has 3 nitrogen and oxygen atoms in total. The number of benzene rings is 1. The van der Waals surface area contributed by atoms with E-state index in [-0.39, 0.29) is 11.0 Å². The van der Waals surface area contributed by atoms with Gasteiger partial charge in [-0.05, 0) is 25.2 Å². The van der Waals surface area contributed by atoms with Crippen molar-refractivity contribution in [1.82, 2.24) is 0 Å². The first-order chi connectivity index (χ1) is 9.96. The fourth-order valence-corrected chi connectivity index (χ4v) is 5.72. The molecule has 1 aliphatic carbocycles. The summed E-state index contributed by atoms with van der Waals surface area (Å²) in [5.74, 6) is 0.180. The van der Waals surface area contributed by atoms with Gasteiger partial charge in [-0.25, -0.2) is 8.42 Å². The zero-order chi connectivity index (χ0) is 15.5. The zero-order valence-corrected chi connectivity index (χ0v) is 13.6. The molecule has 1 saturated carbocycles. The van der Waals surface area contributed by atoms with Gasteiger partial charge >= 0.3 is 0 Å². The molecule has 1 aromatic rings. The number of carbonyl (C=O) groups is 1. The van der Waals surface area contributed by atoms with Crippen LogP contribution < -0.4 is 0 Å². The minimum atomic E-state index is -3.40. The van der Waals surface area contributed by atoms with Gasteiger partial charge in [-0.15, -0.1) is 0 Å². The Hall–Kier alpha value is -1.16. The van der Waals surface area contributed by atoms with Crippen molar-refractivity contribution in [1.29, 1.82) is 0 Å². The van der Waals surface area contributed by atoms with E-state index in [4.69, 9.17) is 0 Å². The van der Waals surface area contributed by atoms with Crippen molar-refractivity contribution in [2.24, 2.45) is 5.92 Å². The van der Waals surface area contributed by atoms with Crippen molar-refractivity contribution in [3.8, 4) is 0 Å². The summed E-state index contributed by atoms with van der Waals surface area (Å²) in [6.45, 7) is 3.89. The lowest BCUT2D eigenvalue weighted by atomic mass is 9.90. The van der Waals surface area contributed by atoms with Crippen LogP contribution in [0.25, 0.3) is 0 Å². The number of sulfone groups is 1. The molecule has 2 rings (SSSR count). The van der Waals surface area contributed by atoms with Gasteiger partial charge in [-0.2, -0.15) is 0 Å². The van der Waals surface area contributed by atoms with Gasteiger partial charge in [0.15, 0.2) is 15.6 Å². The molecular weight excluding hydrogens is 284 g/mol. The third-order valence-electron chi connectivity index (χ3n) is 4.47. The first-order valence-corrected chi connectivity index (χ1v) is 9.39. The van der Waals surface area contributed by atoms with Crippen molar-refractivity contribution in [2.75, 3.05) is 0 Å². The molecule has 4 heteroatoms. The van der Waals surface area contributed by atoms with Crippen LogP contribution >= 0.6 is 0 Å². The summed E-state index contributed by atoms with van der Waals surface area (Å²) in [5.41, 5.74) is 0.497. The number of hydrogen-bond donors (Lipinski definition) is 0. The molecule has 3 unspecified atom stereocenters. The average molecular weight is 308 g/mol. The van der Waals surface area contributed by atoms with E-state index in [1.807, 2.05) is 6.07 Å². The summed E-state index contributed by atoms with van der Waals surface area (Å²) in [4.78, 5) is 12.6. The van der Waals surface area contributed by atoms with Crippen LogP contribution in [0.2, 0.25) is 0 Å². The molecule has 3 atom stereocenters. The molecule has 1 fully saturated rings. The van der Waals surface area contributed by atoms with Crippen LogP contribution in [0.1, 0.15) is 56.3 Å². The quantitative estimate of drug-likeness (QED) is 0.780. The van der Waals surface area contributed by atoms with Crippen LogP contribution in [0, 0.1) is 5.92 Å². The minimum Gasteiger partial charge on any atom is -0.293 e. The summed E-state index contributed by atoms with van der Waals surface area (Å²) < 4.78 is 25.7. The summed E-state index contributed by atoms with van der Waals surface area (Å²) in [6.07, 6.45) is 3.78. The molecular formula is C17H24O3S. The van der Waals surface area contributed by atoms with Gasteiger partial charge in [-0.3, -0.25) is 4.79 Å². The standard InChI is InChI=1S/C17H24O3S/c1-3-16(17(18)14-9-5-4-6-10-14)21(19,20)15-11-7-8-13(2)12-15/h4-6,9-10,13,15-16H,3,7-8,11-12H2,1-2H3. The number of ketones is 1. The van der Waals surface area contributed by atoms with Gasteiger partial charge in [0.1, 0.15) is 5.25 Å². The molecule has 0 aromatic heterocycles. The van der Waals surface area contributed by atoms with Crippen LogP contribution in [0.15, 0.2) is 30.3 Å². The maximum Gasteiger partial charge on any atom is 0.180 e. The lowest BCUT2D eigenvalue weighted by Crippen LogP contribution is -2.39. The Morgan fingerprint density at radius 3 is 2.48 bits per heavy atom. The van der Waals surface area contributed by atoms with E-state index in [9.17, 15) is 13.2 Å². The van der Waals surface area contributed by atoms with Crippen molar-refractivity contribution in [3.05, 3.63) is 35.9 Å². The highest BCUT2D eigenvalue weighted by molar-refractivity contribution is 7.93. The summed E-state index contributed by atoms with van der Waals surface area (Å²) >= 11 is 0. The van der Waals surface area contributed by atoms with E-state index in [1.54, 1.807) is 31.2 Å². The van der Waals surface area contributed by atoms with E-state index in [0.29, 0.717) is 30.7 Å². The van der Waals surface area contributed by atoms with Crippen molar-refractivity contribution >= 4 is 15.6 Å². The lowest BCUT2D eigenvalue weighted by molar-refractivity contribution is 0.0984. The van der Waals surface area contributed by atoms with Gasteiger partial charge in [-0.1, -0.05) is 57.0 Å². The summed E-state index contributed by atoms with van der Waals surface area (Å²) in [5, 5.41) is -1.24. The van der Waals surface area contributed by atoms with Gasteiger partial charge in [0.25, 0.3) is 0 Å². The molecule has 0 saturated heterocycles. The van der Waals surface area contributed by atoms with Crippen LogP contribution in [-0.4, -0.2) is 24.7 Å². The normalized spacial score (nSPS) is 24.5. The number of carbonyl (C=O) groups excluding carboxylic acids is 1. The molecule has 0 heterocycles. The Kier molecular flexibility index (Phi) is 5.20. The van der Waals surface area contributed by atoms with Gasteiger partial charge in [0.2, 0.25) is 0 Å². The maximum atomic E-state index is 12.9. The van der Waals surface area contributed by atoms with Gasteiger partial charge in [0.05, 0.1) is 5.25 Å². The molecule has 0 radical (unpaired) electrons. The molecule has 0 N–H and O–H groups in total. The fourth-order valence-electron chi connectivity index (χ4n) is 3.26. The molecule has 0 amide bonds. The van der Waals surface area contributed by atoms with Gasteiger partial charge in [0, 0.05) is 5.56 Å². The molecule has 1 aliphatic rings. The first kappa shape index (κ1) is 16.2. The highest BCUT2D eigenvalue weighted by Gasteiger charge is 2.39. The molecule has 21 heavy (non-hydrogen) atoms. The molecule has 0 aliphatic heterocycles. The predicted molar refractivity (Wildman–Crippen MR) is 85.2 cm³/mol. The average Bonchev–Trinajstić information content (AvgIpc) is 2.48. The Labute approximate surface area is 127 Å². The van der Waals surface area contributed by atoms with Crippen molar-refractivity contribution in [2.45, 2.75) is 56.5 Å². The van der Waals surface area contributed by atoms with E-state index < -0.39 is 15.1 Å².